The number of hydrogen-bond donors (Lipinski definition) is 0. The largest absolute Gasteiger partial charge is 3.00 e. The van der Waals surface area contributed by atoms with Gasteiger partial charge in [0, 0.05) is 0 Å². The molecule has 13 valence electrons. The van der Waals surface area contributed by atoms with Gasteiger partial charge in [0.05, 0.1) is 0 Å². The van der Waals surface area contributed by atoms with Gasteiger partial charge in [0.15, 0.2) is 0 Å². The van der Waals surface area contributed by atoms with Gasteiger partial charge in [0.1, 0.15) is 0 Å². The zero-order valence-corrected chi connectivity index (χ0v) is 9.51. The van der Waals surface area contributed by atoms with Gasteiger partial charge in [0.2, 0.25) is 0 Å². The Morgan fingerprint density at radius 2 is 1.00 bits per heavy atom. The van der Waals surface area contributed by atoms with Gasteiger partial charge in [-0.25, -0.2) is 0 Å². The van der Waals surface area contributed by atoms with Crippen molar-refractivity contribution in [1.82, 2.24) is 0 Å². The van der Waals surface area contributed by atoms with Crippen LogP contribution in [0.4, 0.5) is 0 Å². The molecular weight excluding hydrogens is 251 g/mol. The van der Waals surface area contributed by atoms with Crippen LogP contribution < -0.4 is 0 Å². The summed E-state index contributed by atoms with van der Waals surface area (Å²) in [6.45, 7) is 0. The van der Waals surface area contributed by atoms with Crippen molar-refractivity contribution >= 4 is 25.8 Å². The SMILES string of the molecule is [In+3].[Mn+2].[O-2].[Zn+2]. The summed E-state index contributed by atoms with van der Waals surface area (Å²) in [5.41, 5.74) is 0. The summed E-state index contributed by atoms with van der Waals surface area (Å²) >= 11 is 0. The Bertz CT molecular complexity index is 8.00. The van der Waals surface area contributed by atoms with Crippen molar-refractivity contribution in [2.45, 2.75) is 0 Å². The summed E-state index contributed by atoms with van der Waals surface area (Å²) in [5.74, 6) is 0. The molecule has 0 rings (SSSR count). The molecule has 0 saturated carbocycles. The Labute approximate surface area is 67.2 Å². The Morgan fingerprint density at radius 1 is 1.00 bits per heavy atom. The first-order valence-electron chi connectivity index (χ1n) is 0. The van der Waals surface area contributed by atoms with Crippen molar-refractivity contribution in [2.24, 2.45) is 0 Å². The molecule has 0 aromatic heterocycles. The monoisotopic (exact) mass is 250 g/mol. The van der Waals surface area contributed by atoms with E-state index in [2.05, 4.69) is 0 Å². The van der Waals surface area contributed by atoms with Crippen molar-refractivity contribution < 1.29 is 42.0 Å². The first-order chi connectivity index (χ1) is 0. The molecule has 0 bridgehead atoms. The van der Waals surface area contributed by atoms with Crippen molar-refractivity contribution in [3.8, 4) is 0 Å². The van der Waals surface area contributed by atoms with E-state index in [4.69, 9.17) is 0 Å². The van der Waals surface area contributed by atoms with Crippen LogP contribution in [0.3, 0.4) is 0 Å². The Kier molecular flexibility index (Phi) is 191. The van der Waals surface area contributed by atoms with E-state index in [9.17, 15) is 0 Å². The van der Waals surface area contributed by atoms with Gasteiger partial charge in [-0.2, -0.15) is 0 Å². The number of rotatable bonds is 0. The molecule has 0 heterocycles. The molecule has 0 aliphatic carbocycles. The second kappa shape index (κ2) is 20.2. The minimum Gasteiger partial charge on any atom is -2.00 e. The molecule has 1 radical (unpaired) electrons. The van der Waals surface area contributed by atoms with Crippen LogP contribution in [-0.4, -0.2) is 25.8 Å². The van der Waals surface area contributed by atoms with Gasteiger partial charge in [-0.1, -0.05) is 0 Å². The predicted octanol–water partition coefficient (Wildman–Crippen LogP) is -0.505. The topological polar surface area (TPSA) is 28.5 Å². The molecule has 0 aliphatic heterocycles. The van der Waals surface area contributed by atoms with E-state index in [0.717, 1.165) is 0 Å². The maximum atomic E-state index is 0. The molecule has 4 heavy (non-hydrogen) atoms. The number of hydrogen-bond acceptors (Lipinski definition) is 0. The fraction of sp³-hybridized carbons (Fsp3) is 0. The van der Waals surface area contributed by atoms with E-state index in [0.29, 0.717) is 0 Å². The predicted molar refractivity (Wildman–Crippen MR) is 6.44 cm³/mol. The maximum absolute atomic E-state index is 0. The minimum absolute atomic E-state index is 0. The zero-order valence-electron chi connectivity index (χ0n) is 2.07. The van der Waals surface area contributed by atoms with Crippen LogP contribution in [-0.2, 0) is 42.0 Å². The summed E-state index contributed by atoms with van der Waals surface area (Å²) < 4.78 is 0. The van der Waals surface area contributed by atoms with E-state index in [1.165, 1.54) is 0 Å². The van der Waals surface area contributed by atoms with Crippen molar-refractivity contribution in [2.75, 3.05) is 0 Å². The normalized spacial score (nSPS) is 0. The average Bonchev–Trinajstić information content (AvgIpc) is 0. The zero-order chi connectivity index (χ0) is 0. The molecule has 0 spiro atoms. The van der Waals surface area contributed by atoms with E-state index < -0.39 is 0 Å². The molecule has 0 saturated heterocycles. The maximum Gasteiger partial charge on any atom is 3.00 e. The van der Waals surface area contributed by atoms with Crippen LogP contribution >= 0.6 is 0 Å². The van der Waals surface area contributed by atoms with Gasteiger partial charge < -0.3 is 5.48 Å². The van der Waals surface area contributed by atoms with Crippen LogP contribution in [0.5, 0.6) is 0 Å². The van der Waals surface area contributed by atoms with Gasteiger partial charge in [-0.15, -0.1) is 0 Å². The Hall–Kier alpha value is 1.97. The van der Waals surface area contributed by atoms with Crippen LogP contribution in [0, 0.1) is 0 Å². The fourth-order valence-corrected chi connectivity index (χ4v) is 0. The first-order valence-corrected chi connectivity index (χ1v) is 0. The van der Waals surface area contributed by atoms with E-state index in [-0.39, 0.29) is 67.9 Å². The van der Waals surface area contributed by atoms with Crippen LogP contribution in [0.15, 0.2) is 0 Å². The van der Waals surface area contributed by atoms with E-state index >= 15 is 0 Å². The van der Waals surface area contributed by atoms with Crippen LogP contribution in [0.2, 0.25) is 0 Å². The molecule has 0 N–H and O–H groups in total. The summed E-state index contributed by atoms with van der Waals surface area (Å²) in [6.07, 6.45) is 0. The van der Waals surface area contributed by atoms with Gasteiger partial charge in [0.25, 0.3) is 0 Å². The smallest absolute Gasteiger partial charge is 2.00 e. The first kappa shape index (κ1) is 37.9. The van der Waals surface area contributed by atoms with E-state index in [1.807, 2.05) is 0 Å². The average molecular weight is 251 g/mol. The molecule has 1 nitrogen and oxygen atoms in total. The third-order valence-electron chi connectivity index (χ3n) is 0. The van der Waals surface area contributed by atoms with Gasteiger partial charge in [-0.3, -0.25) is 0 Å². The molecule has 0 amide bonds. The Balaban J connectivity index is 0. The molecular formula is InMnOZn+5. The van der Waals surface area contributed by atoms with Gasteiger partial charge in [-0.05, 0) is 0 Å². The van der Waals surface area contributed by atoms with Crippen molar-refractivity contribution in [3.05, 3.63) is 0 Å². The van der Waals surface area contributed by atoms with E-state index in [1.54, 1.807) is 0 Å². The summed E-state index contributed by atoms with van der Waals surface area (Å²) in [5, 5.41) is 0. The summed E-state index contributed by atoms with van der Waals surface area (Å²) in [6, 6.07) is 0. The Morgan fingerprint density at radius 3 is 1.00 bits per heavy atom. The van der Waals surface area contributed by atoms with Crippen molar-refractivity contribution in [1.29, 1.82) is 0 Å². The van der Waals surface area contributed by atoms with Gasteiger partial charge >= 0.3 is 62.4 Å². The molecule has 4 heteroatoms. The van der Waals surface area contributed by atoms with Crippen LogP contribution in [0.25, 0.3) is 0 Å². The molecule has 0 fully saturated rings. The minimum atomic E-state index is 0. The summed E-state index contributed by atoms with van der Waals surface area (Å²) in [7, 11) is 0. The summed E-state index contributed by atoms with van der Waals surface area (Å²) in [4.78, 5) is 0. The van der Waals surface area contributed by atoms with Crippen LogP contribution in [0.1, 0.15) is 0 Å². The molecule has 0 aliphatic rings. The standard InChI is InChI=1S/In.Mn.O.Zn/q+3;+2;-2;+2. The van der Waals surface area contributed by atoms with Crippen molar-refractivity contribution in [3.63, 3.8) is 0 Å². The third-order valence-corrected chi connectivity index (χ3v) is 0. The molecule has 0 unspecified atom stereocenters. The quantitative estimate of drug-likeness (QED) is 0.519. The third kappa shape index (κ3) is 9.02. The fourth-order valence-electron chi connectivity index (χ4n) is 0. The second-order valence-corrected chi connectivity index (χ2v) is 0. The second-order valence-electron chi connectivity index (χ2n) is 0. The molecule has 0 aromatic rings. The molecule has 0 aromatic carbocycles. The molecule has 0 atom stereocenters.